The van der Waals surface area contributed by atoms with Crippen LogP contribution in [0.25, 0.3) is 0 Å². The average Bonchev–Trinajstić information content (AvgIpc) is 2.79. The van der Waals surface area contributed by atoms with Gasteiger partial charge in [0.25, 0.3) is 11.8 Å². The van der Waals surface area contributed by atoms with E-state index in [-0.39, 0.29) is 31.1 Å². The number of sulfonamides is 1. The molecule has 26 heavy (non-hydrogen) atoms. The van der Waals surface area contributed by atoms with Crippen LogP contribution in [0.5, 0.6) is 0 Å². The van der Waals surface area contributed by atoms with Crippen LogP contribution >= 0.6 is 0 Å². The van der Waals surface area contributed by atoms with Crippen LogP contribution in [-0.2, 0) is 14.8 Å². The minimum atomic E-state index is -3.85. The highest BCUT2D eigenvalue weighted by atomic mass is 32.2. The summed E-state index contributed by atoms with van der Waals surface area (Å²) >= 11 is 0. The number of aliphatic carboxylic acids is 1. The summed E-state index contributed by atoms with van der Waals surface area (Å²) in [5, 5.41) is 9.13. The van der Waals surface area contributed by atoms with Gasteiger partial charge < -0.3 is 5.11 Å². The van der Waals surface area contributed by atoms with E-state index in [0.29, 0.717) is 11.1 Å². The third kappa shape index (κ3) is 4.67. The molecule has 8 nitrogen and oxygen atoms in total. The van der Waals surface area contributed by atoms with Crippen molar-refractivity contribution in [2.45, 2.75) is 32.7 Å². The van der Waals surface area contributed by atoms with Crippen LogP contribution in [0.2, 0.25) is 0 Å². The van der Waals surface area contributed by atoms with E-state index >= 15 is 0 Å². The molecule has 0 aliphatic carbocycles. The zero-order chi connectivity index (χ0) is 19.5. The van der Waals surface area contributed by atoms with Crippen molar-refractivity contribution in [2.75, 3.05) is 12.3 Å². The fourth-order valence-corrected chi connectivity index (χ4v) is 4.06. The zero-order valence-corrected chi connectivity index (χ0v) is 15.5. The standard InChI is InChI=1S/C17H22N2O6S/c1-11(2)10-14(17(22)23)18-26(24,25)9-5-8-19-15(20)12-6-3-4-7-13(12)16(19)21/h3-4,6-7,11,14,18H,5,8-10H2,1-2H3,(H,22,23)/t14-/m0/s1. The zero-order valence-electron chi connectivity index (χ0n) is 14.6. The monoisotopic (exact) mass is 382 g/mol. The molecule has 0 spiro atoms. The number of hydrogen-bond donors (Lipinski definition) is 2. The van der Waals surface area contributed by atoms with Crippen LogP contribution < -0.4 is 4.72 Å². The van der Waals surface area contributed by atoms with Crippen LogP contribution in [0.4, 0.5) is 0 Å². The minimum absolute atomic E-state index is 0.0112. The molecule has 1 aromatic carbocycles. The van der Waals surface area contributed by atoms with Gasteiger partial charge in [-0.2, -0.15) is 0 Å². The number of carbonyl (C=O) groups is 3. The third-order valence-electron chi connectivity index (χ3n) is 4.00. The fourth-order valence-electron chi connectivity index (χ4n) is 2.80. The Hall–Kier alpha value is -2.26. The maximum absolute atomic E-state index is 12.2. The van der Waals surface area contributed by atoms with E-state index in [0.717, 1.165) is 4.90 Å². The third-order valence-corrected chi connectivity index (χ3v) is 5.47. The van der Waals surface area contributed by atoms with Crippen molar-refractivity contribution in [3.63, 3.8) is 0 Å². The second kappa shape index (κ2) is 7.96. The summed E-state index contributed by atoms with van der Waals surface area (Å²) in [6, 6.07) is 5.22. The molecule has 0 fully saturated rings. The van der Waals surface area contributed by atoms with E-state index in [1.54, 1.807) is 38.1 Å². The summed E-state index contributed by atoms with van der Waals surface area (Å²) in [5.41, 5.74) is 0.614. The highest BCUT2D eigenvalue weighted by molar-refractivity contribution is 7.89. The normalized spacial score (nSPS) is 15.4. The summed E-state index contributed by atoms with van der Waals surface area (Å²) in [7, 11) is -3.85. The molecular weight excluding hydrogens is 360 g/mol. The smallest absolute Gasteiger partial charge is 0.321 e. The number of carboxylic acid groups (broad SMARTS) is 1. The molecule has 0 bridgehead atoms. The van der Waals surface area contributed by atoms with Gasteiger partial charge in [0.2, 0.25) is 10.0 Å². The highest BCUT2D eigenvalue weighted by Gasteiger charge is 2.35. The van der Waals surface area contributed by atoms with Crippen molar-refractivity contribution >= 4 is 27.8 Å². The maximum atomic E-state index is 12.2. The second-order valence-electron chi connectivity index (χ2n) is 6.62. The number of nitrogens with zero attached hydrogens (tertiary/aromatic N) is 1. The lowest BCUT2D eigenvalue weighted by molar-refractivity contribution is -0.139. The maximum Gasteiger partial charge on any atom is 0.321 e. The summed E-state index contributed by atoms with van der Waals surface area (Å²) in [4.78, 5) is 36.6. The molecule has 0 radical (unpaired) electrons. The predicted octanol–water partition coefficient (Wildman–Crippen LogP) is 1.09. The molecular formula is C17H22N2O6S. The van der Waals surface area contributed by atoms with Crippen molar-refractivity contribution in [1.29, 1.82) is 0 Å². The molecule has 2 amide bonds. The Morgan fingerprint density at radius 2 is 1.69 bits per heavy atom. The minimum Gasteiger partial charge on any atom is -0.480 e. The van der Waals surface area contributed by atoms with Gasteiger partial charge in [-0.05, 0) is 30.9 Å². The molecule has 1 aromatic rings. The van der Waals surface area contributed by atoms with Crippen LogP contribution in [-0.4, -0.2) is 54.5 Å². The van der Waals surface area contributed by atoms with Gasteiger partial charge >= 0.3 is 5.97 Å². The molecule has 0 saturated heterocycles. The number of carbonyl (C=O) groups excluding carboxylic acids is 2. The van der Waals surface area contributed by atoms with Crippen molar-refractivity contribution in [1.82, 2.24) is 9.62 Å². The number of imide groups is 1. The van der Waals surface area contributed by atoms with Gasteiger partial charge in [-0.15, -0.1) is 0 Å². The van der Waals surface area contributed by atoms with Gasteiger partial charge in [0, 0.05) is 6.54 Å². The number of amides is 2. The first-order chi connectivity index (χ1) is 12.1. The lowest BCUT2D eigenvalue weighted by Crippen LogP contribution is -2.43. The SMILES string of the molecule is CC(C)C[C@H](NS(=O)(=O)CCCN1C(=O)c2ccccc2C1=O)C(=O)O. The second-order valence-corrected chi connectivity index (χ2v) is 8.49. The first-order valence-electron chi connectivity index (χ1n) is 8.30. The fraction of sp³-hybridized carbons (Fsp3) is 0.471. The Balaban J connectivity index is 1.94. The lowest BCUT2D eigenvalue weighted by Gasteiger charge is -2.17. The van der Waals surface area contributed by atoms with Gasteiger partial charge in [0.15, 0.2) is 0 Å². The van der Waals surface area contributed by atoms with E-state index in [4.69, 9.17) is 5.11 Å². The van der Waals surface area contributed by atoms with Gasteiger partial charge in [-0.3, -0.25) is 19.3 Å². The summed E-state index contributed by atoms with van der Waals surface area (Å²) < 4.78 is 26.4. The van der Waals surface area contributed by atoms with Gasteiger partial charge in [0.1, 0.15) is 6.04 Å². The van der Waals surface area contributed by atoms with Gasteiger partial charge in [-0.1, -0.05) is 26.0 Å². The van der Waals surface area contributed by atoms with Gasteiger partial charge in [0.05, 0.1) is 16.9 Å². The molecule has 0 saturated carbocycles. The first-order valence-corrected chi connectivity index (χ1v) is 9.95. The van der Waals surface area contributed by atoms with Crippen molar-refractivity contribution in [3.8, 4) is 0 Å². The largest absolute Gasteiger partial charge is 0.480 e. The Morgan fingerprint density at radius 1 is 1.15 bits per heavy atom. The molecule has 2 N–H and O–H groups in total. The number of nitrogens with one attached hydrogen (secondary N) is 1. The van der Waals surface area contributed by atoms with E-state index in [2.05, 4.69) is 4.72 Å². The number of rotatable bonds is 9. The Morgan fingerprint density at radius 3 is 2.15 bits per heavy atom. The molecule has 1 aliphatic rings. The van der Waals surface area contributed by atoms with Crippen LogP contribution in [0.15, 0.2) is 24.3 Å². The van der Waals surface area contributed by atoms with E-state index in [1.807, 2.05) is 0 Å². The van der Waals surface area contributed by atoms with Gasteiger partial charge in [-0.25, -0.2) is 13.1 Å². The molecule has 1 aliphatic heterocycles. The quantitative estimate of drug-likeness (QED) is 0.617. The summed E-state index contributed by atoms with van der Waals surface area (Å²) in [6.45, 7) is 3.55. The molecule has 9 heteroatoms. The molecule has 142 valence electrons. The molecule has 1 atom stereocenters. The van der Waals surface area contributed by atoms with Crippen LogP contribution in [0.3, 0.4) is 0 Å². The number of benzene rings is 1. The Bertz CT molecular complexity index is 783. The molecule has 1 heterocycles. The number of carboxylic acids is 1. The highest BCUT2D eigenvalue weighted by Crippen LogP contribution is 2.22. The molecule has 0 aromatic heterocycles. The molecule has 2 rings (SSSR count). The topological polar surface area (TPSA) is 121 Å². The Labute approximate surface area is 152 Å². The van der Waals surface area contributed by atoms with E-state index < -0.39 is 33.8 Å². The summed E-state index contributed by atoms with van der Waals surface area (Å²) in [6.07, 6.45) is 0.196. The Kier molecular flexibility index (Phi) is 6.14. The number of hydrogen-bond acceptors (Lipinski definition) is 5. The lowest BCUT2D eigenvalue weighted by atomic mass is 10.1. The van der Waals surface area contributed by atoms with Crippen molar-refractivity contribution < 1.29 is 27.9 Å². The van der Waals surface area contributed by atoms with E-state index in [1.165, 1.54) is 0 Å². The predicted molar refractivity (Wildman–Crippen MR) is 94.2 cm³/mol. The molecule has 0 unspecified atom stereocenters. The van der Waals surface area contributed by atoms with Crippen molar-refractivity contribution in [3.05, 3.63) is 35.4 Å². The first kappa shape index (κ1) is 20.1. The van der Waals surface area contributed by atoms with E-state index in [9.17, 15) is 22.8 Å². The van der Waals surface area contributed by atoms with Crippen LogP contribution in [0.1, 0.15) is 47.4 Å². The van der Waals surface area contributed by atoms with Crippen molar-refractivity contribution in [2.24, 2.45) is 5.92 Å². The summed E-state index contributed by atoms with van der Waals surface area (Å²) in [5.74, 6) is -2.49. The number of fused-ring (bicyclic) bond motifs is 1. The average molecular weight is 382 g/mol. The van der Waals surface area contributed by atoms with Crippen LogP contribution in [0, 0.1) is 5.92 Å².